The quantitative estimate of drug-likeness (QED) is 0.797. The number of hydrogen-bond acceptors (Lipinski definition) is 4. The number of nitrogens with one attached hydrogen (secondary N) is 1. The number of rotatable bonds is 6. The molecule has 0 aromatic carbocycles. The molecule has 0 saturated heterocycles. The zero-order chi connectivity index (χ0) is 15.9. The van der Waals surface area contributed by atoms with Gasteiger partial charge in [-0.1, -0.05) is 13.3 Å². The van der Waals surface area contributed by atoms with Crippen molar-refractivity contribution in [2.45, 2.75) is 58.0 Å². The maximum absolute atomic E-state index is 12.2. The van der Waals surface area contributed by atoms with Gasteiger partial charge in [-0.25, -0.2) is 4.68 Å². The van der Waals surface area contributed by atoms with Crippen molar-refractivity contribution in [2.24, 2.45) is 0 Å². The Morgan fingerprint density at radius 3 is 2.91 bits per heavy atom. The number of aryl methyl sites for hydroxylation is 2. The summed E-state index contributed by atoms with van der Waals surface area (Å²) >= 11 is 0. The van der Waals surface area contributed by atoms with Crippen LogP contribution in [0.3, 0.4) is 0 Å². The van der Waals surface area contributed by atoms with Crippen LogP contribution in [0.2, 0.25) is 0 Å². The Morgan fingerprint density at radius 1 is 1.41 bits per heavy atom. The van der Waals surface area contributed by atoms with Gasteiger partial charge in [0.2, 0.25) is 5.91 Å². The molecule has 22 heavy (non-hydrogen) atoms. The van der Waals surface area contributed by atoms with Gasteiger partial charge < -0.3 is 10.1 Å². The number of hydrogen-bond donors (Lipinski definition) is 1. The molecular weight excluding hydrogens is 282 g/mol. The molecule has 1 amide bonds. The highest BCUT2D eigenvalue weighted by atomic mass is 16.5. The van der Waals surface area contributed by atoms with Gasteiger partial charge in [0, 0.05) is 19.2 Å². The number of methoxy groups -OCH3 is 1. The van der Waals surface area contributed by atoms with Crippen molar-refractivity contribution in [3.8, 4) is 0 Å². The van der Waals surface area contributed by atoms with Gasteiger partial charge in [0.15, 0.2) is 0 Å². The number of carbonyl (C=O) groups excluding carboxylic acids is 1. The summed E-state index contributed by atoms with van der Waals surface area (Å²) in [5.74, 6) is -0.169. The predicted molar refractivity (Wildman–Crippen MR) is 83.9 cm³/mol. The third-order valence-corrected chi connectivity index (χ3v) is 4.05. The monoisotopic (exact) mass is 307 g/mol. The van der Waals surface area contributed by atoms with Crippen molar-refractivity contribution >= 4 is 5.91 Å². The summed E-state index contributed by atoms with van der Waals surface area (Å²) in [6.07, 6.45) is 6.06. The summed E-state index contributed by atoms with van der Waals surface area (Å²) in [6, 6.07) is 1.61. The highest BCUT2D eigenvalue weighted by molar-refractivity contribution is 5.77. The van der Waals surface area contributed by atoms with Crippen LogP contribution < -0.4 is 10.9 Å². The predicted octanol–water partition coefficient (Wildman–Crippen LogP) is 1.05. The summed E-state index contributed by atoms with van der Waals surface area (Å²) in [6.45, 7) is 2.41. The lowest BCUT2D eigenvalue weighted by Crippen LogP contribution is -2.42. The Bertz CT molecular complexity index is 568. The normalized spacial score (nSPS) is 15.7. The average molecular weight is 307 g/mol. The molecule has 0 radical (unpaired) electrons. The molecule has 1 N–H and O–H groups in total. The van der Waals surface area contributed by atoms with Gasteiger partial charge >= 0.3 is 0 Å². The van der Waals surface area contributed by atoms with Crippen molar-refractivity contribution in [3.63, 3.8) is 0 Å². The fraction of sp³-hybridized carbons (Fsp3) is 0.688. The lowest BCUT2D eigenvalue weighted by Gasteiger charge is -2.18. The third kappa shape index (κ3) is 4.40. The van der Waals surface area contributed by atoms with Crippen LogP contribution in [-0.4, -0.2) is 35.4 Å². The molecule has 0 unspecified atom stereocenters. The van der Waals surface area contributed by atoms with Gasteiger partial charge in [-0.05, 0) is 37.7 Å². The maximum atomic E-state index is 12.2. The maximum Gasteiger partial charge on any atom is 0.267 e. The van der Waals surface area contributed by atoms with Crippen LogP contribution >= 0.6 is 0 Å². The second kappa shape index (κ2) is 8.08. The van der Waals surface area contributed by atoms with E-state index >= 15 is 0 Å². The Kier molecular flexibility index (Phi) is 6.12. The van der Waals surface area contributed by atoms with Crippen LogP contribution in [0.15, 0.2) is 10.9 Å². The first-order valence-corrected chi connectivity index (χ1v) is 8.02. The molecule has 0 aliphatic heterocycles. The molecule has 2 rings (SSSR count). The van der Waals surface area contributed by atoms with Crippen LogP contribution in [-0.2, 0) is 28.9 Å². The van der Waals surface area contributed by atoms with Crippen LogP contribution in [0, 0.1) is 0 Å². The molecule has 6 nitrogen and oxygen atoms in total. The van der Waals surface area contributed by atoms with Crippen molar-refractivity contribution < 1.29 is 9.53 Å². The second-order valence-corrected chi connectivity index (χ2v) is 5.80. The minimum absolute atomic E-state index is 0.0308. The summed E-state index contributed by atoms with van der Waals surface area (Å²) < 4.78 is 6.31. The van der Waals surface area contributed by atoms with E-state index in [0.717, 1.165) is 43.4 Å². The molecule has 0 saturated carbocycles. The van der Waals surface area contributed by atoms with E-state index in [4.69, 9.17) is 4.74 Å². The molecule has 0 bridgehead atoms. The van der Waals surface area contributed by atoms with E-state index in [2.05, 4.69) is 10.4 Å². The zero-order valence-electron chi connectivity index (χ0n) is 13.4. The first kappa shape index (κ1) is 16.7. The standard InChI is InChI=1S/C16H25N3O3/c1-3-13(17-15(20)11-22-2)10-19-16(21)9-12-7-5-4-6-8-14(12)18-19/h9,13H,3-8,10-11H2,1-2H3,(H,17,20)/t13-/m0/s1. The number of amides is 1. The smallest absolute Gasteiger partial charge is 0.267 e. The minimum atomic E-state index is -0.169. The number of aromatic nitrogens is 2. The Morgan fingerprint density at radius 2 is 2.18 bits per heavy atom. The Balaban J connectivity index is 2.12. The molecule has 0 fully saturated rings. The van der Waals surface area contributed by atoms with Crippen molar-refractivity contribution in [1.29, 1.82) is 0 Å². The number of fused-ring (bicyclic) bond motifs is 1. The lowest BCUT2D eigenvalue weighted by molar-refractivity contribution is -0.125. The van der Waals surface area contributed by atoms with Crippen LogP contribution in [0.4, 0.5) is 0 Å². The highest BCUT2D eigenvalue weighted by Crippen LogP contribution is 2.16. The fourth-order valence-electron chi connectivity index (χ4n) is 2.79. The summed E-state index contributed by atoms with van der Waals surface area (Å²) in [5.41, 5.74) is 2.05. The van der Waals surface area contributed by atoms with Crippen LogP contribution in [0.5, 0.6) is 0 Å². The van der Waals surface area contributed by atoms with Gasteiger partial charge in [-0.3, -0.25) is 9.59 Å². The van der Waals surface area contributed by atoms with Crippen LogP contribution in [0.25, 0.3) is 0 Å². The van der Waals surface area contributed by atoms with E-state index in [1.807, 2.05) is 6.92 Å². The van der Waals surface area contributed by atoms with Crippen LogP contribution in [0.1, 0.15) is 43.9 Å². The summed E-state index contributed by atoms with van der Waals surface area (Å²) in [4.78, 5) is 23.9. The summed E-state index contributed by atoms with van der Waals surface area (Å²) in [7, 11) is 1.49. The topological polar surface area (TPSA) is 73.2 Å². The van der Waals surface area contributed by atoms with E-state index in [1.54, 1.807) is 6.07 Å². The Labute approximate surface area is 130 Å². The fourth-order valence-corrected chi connectivity index (χ4v) is 2.79. The molecule has 1 heterocycles. The number of carbonyl (C=O) groups is 1. The molecule has 6 heteroatoms. The second-order valence-electron chi connectivity index (χ2n) is 5.80. The molecule has 122 valence electrons. The summed E-state index contributed by atoms with van der Waals surface area (Å²) in [5, 5.41) is 7.41. The van der Waals surface area contributed by atoms with Crippen molar-refractivity contribution in [3.05, 3.63) is 27.7 Å². The van der Waals surface area contributed by atoms with E-state index in [1.165, 1.54) is 18.2 Å². The molecule has 1 aliphatic carbocycles. The van der Waals surface area contributed by atoms with Crippen molar-refractivity contribution in [1.82, 2.24) is 15.1 Å². The van der Waals surface area contributed by atoms with Crippen molar-refractivity contribution in [2.75, 3.05) is 13.7 Å². The molecule has 1 atom stereocenters. The van der Waals surface area contributed by atoms with Gasteiger partial charge in [-0.2, -0.15) is 5.10 Å². The van der Waals surface area contributed by atoms with E-state index < -0.39 is 0 Å². The Hall–Kier alpha value is -1.69. The zero-order valence-corrected chi connectivity index (χ0v) is 13.4. The highest BCUT2D eigenvalue weighted by Gasteiger charge is 2.16. The molecular formula is C16H25N3O3. The lowest BCUT2D eigenvalue weighted by atomic mass is 10.1. The third-order valence-electron chi connectivity index (χ3n) is 4.05. The largest absolute Gasteiger partial charge is 0.375 e. The van der Waals surface area contributed by atoms with Gasteiger partial charge in [-0.15, -0.1) is 0 Å². The molecule has 0 spiro atoms. The van der Waals surface area contributed by atoms with Gasteiger partial charge in [0.25, 0.3) is 5.56 Å². The molecule has 1 aromatic heterocycles. The SMILES string of the molecule is CC[C@@H](Cn1nc2c(cc1=O)CCCCC2)NC(=O)COC. The van der Waals surface area contributed by atoms with Gasteiger partial charge in [0.05, 0.1) is 12.2 Å². The van der Waals surface area contributed by atoms with E-state index in [-0.39, 0.29) is 24.1 Å². The number of ether oxygens (including phenoxy) is 1. The first-order valence-electron chi connectivity index (χ1n) is 8.02. The molecule has 1 aliphatic rings. The van der Waals surface area contributed by atoms with E-state index in [0.29, 0.717) is 6.54 Å². The minimum Gasteiger partial charge on any atom is -0.375 e. The van der Waals surface area contributed by atoms with E-state index in [9.17, 15) is 9.59 Å². The average Bonchev–Trinajstić information content (AvgIpc) is 2.72. The number of nitrogens with zero attached hydrogens (tertiary/aromatic N) is 2. The van der Waals surface area contributed by atoms with Gasteiger partial charge in [0.1, 0.15) is 6.61 Å². The first-order chi connectivity index (χ1) is 10.6. The molecule has 1 aromatic rings.